The second-order valence-corrected chi connectivity index (χ2v) is 8.04. The fourth-order valence-electron chi connectivity index (χ4n) is 4.23. The Hall–Kier alpha value is -1.26. The van der Waals surface area contributed by atoms with Gasteiger partial charge in [-0.3, -0.25) is 0 Å². The van der Waals surface area contributed by atoms with E-state index in [4.69, 9.17) is 21.3 Å². The highest BCUT2D eigenvalue weighted by Crippen LogP contribution is 2.53. The van der Waals surface area contributed by atoms with Gasteiger partial charge in [0.15, 0.2) is 0 Å². The van der Waals surface area contributed by atoms with Crippen LogP contribution in [-0.4, -0.2) is 18.6 Å². The molecule has 4 rings (SSSR count). The molecule has 5 heteroatoms. The molecule has 126 valence electrons. The first-order valence-electron chi connectivity index (χ1n) is 8.35. The molecule has 0 atom stereocenters. The summed E-state index contributed by atoms with van der Waals surface area (Å²) in [5.74, 6) is 1.94. The fourth-order valence-corrected chi connectivity index (χ4v) is 4.86. The van der Waals surface area contributed by atoms with Gasteiger partial charge in [0.25, 0.3) is 0 Å². The SMILES string of the molecule is COc1ccc(CN2CC3(CCCC3)c3c2ncc(Br)c3Cl)cc1. The van der Waals surface area contributed by atoms with Gasteiger partial charge in [0.1, 0.15) is 11.6 Å². The molecule has 1 spiro atoms. The number of halogens is 2. The normalized spacial score (nSPS) is 18.2. The van der Waals surface area contributed by atoms with Gasteiger partial charge in [0, 0.05) is 30.3 Å². The van der Waals surface area contributed by atoms with Crippen molar-refractivity contribution in [2.24, 2.45) is 0 Å². The van der Waals surface area contributed by atoms with E-state index in [1.54, 1.807) is 7.11 Å². The van der Waals surface area contributed by atoms with Gasteiger partial charge >= 0.3 is 0 Å². The highest BCUT2D eigenvalue weighted by molar-refractivity contribution is 9.10. The van der Waals surface area contributed by atoms with Crippen LogP contribution >= 0.6 is 27.5 Å². The Bertz CT molecular complexity index is 757. The number of anilines is 1. The predicted molar refractivity (Wildman–Crippen MR) is 101 cm³/mol. The predicted octanol–water partition coefficient (Wildman–Crippen LogP) is 5.34. The number of rotatable bonds is 3. The number of aromatic nitrogens is 1. The summed E-state index contributed by atoms with van der Waals surface area (Å²) < 4.78 is 6.16. The maximum absolute atomic E-state index is 6.69. The molecule has 1 aromatic carbocycles. The summed E-state index contributed by atoms with van der Waals surface area (Å²) in [6, 6.07) is 8.27. The first-order chi connectivity index (χ1) is 11.6. The summed E-state index contributed by atoms with van der Waals surface area (Å²) in [5, 5.41) is 0.846. The molecule has 1 saturated carbocycles. The summed E-state index contributed by atoms with van der Waals surface area (Å²) >= 11 is 10.2. The van der Waals surface area contributed by atoms with Gasteiger partial charge in [0.2, 0.25) is 0 Å². The maximum atomic E-state index is 6.69. The second-order valence-electron chi connectivity index (χ2n) is 6.81. The third kappa shape index (κ3) is 2.60. The van der Waals surface area contributed by atoms with Crippen molar-refractivity contribution >= 4 is 33.3 Å². The Morgan fingerprint density at radius 3 is 2.62 bits per heavy atom. The minimum atomic E-state index is 0.176. The van der Waals surface area contributed by atoms with E-state index < -0.39 is 0 Å². The van der Waals surface area contributed by atoms with Crippen LogP contribution in [0.1, 0.15) is 36.8 Å². The number of fused-ring (bicyclic) bond motifs is 2. The molecule has 0 unspecified atom stereocenters. The zero-order valence-corrected chi connectivity index (χ0v) is 16.0. The smallest absolute Gasteiger partial charge is 0.134 e. The van der Waals surface area contributed by atoms with Gasteiger partial charge in [0.05, 0.1) is 16.6 Å². The first-order valence-corrected chi connectivity index (χ1v) is 9.52. The van der Waals surface area contributed by atoms with Crippen LogP contribution in [-0.2, 0) is 12.0 Å². The lowest BCUT2D eigenvalue weighted by Gasteiger charge is -2.25. The molecule has 0 radical (unpaired) electrons. The molecule has 0 saturated heterocycles. The van der Waals surface area contributed by atoms with Gasteiger partial charge in [-0.05, 0) is 46.5 Å². The third-order valence-electron chi connectivity index (χ3n) is 5.37. The quantitative estimate of drug-likeness (QED) is 0.687. The molecule has 0 N–H and O–H groups in total. The molecule has 0 bridgehead atoms. The van der Waals surface area contributed by atoms with Crippen molar-refractivity contribution in [2.75, 3.05) is 18.6 Å². The average Bonchev–Trinajstić information content (AvgIpc) is 3.18. The number of hydrogen-bond donors (Lipinski definition) is 0. The Labute approximate surface area is 156 Å². The average molecular weight is 408 g/mol. The number of methoxy groups -OCH3 is 1. The van der Waals surface area contributed by atoms with E-state index in [-0.39, 0.29) is 5.41 Å². The number of pyridine rings is 1. The summed E-state index contributed by atoms with van der Waals surface area (Å²) in [6.45, 7) is 1.86. The molecule has 3 nitrogen and oxygen atoms in total. The Balaban J connectivity index is 1.69. The van der Waals surface area contributed by atoms with Crippen molar-refractivity contribution in [1.82, 2.24) is 4.98 Å². The van der Waals surface area contributed by atoms with Crippen LogP contribution in [0.3, 0.4) is 0 Å². The van der Waals surface area contributed by atoms with Crippen molar-refractivity contribution in [2.45, 2.75) is 37.6 Å². The van der Waals surface area contributed by atoms with E-state index in [2.05, 4.69) is 33.0 Å². The van der Waals surface area contributed by atoms with Crippen LogP contribution in [0, 0.1) is 0 Å². The van der Waals surface area contributed by atoms with Crippen molar-refractivity contribution in [3.63, 3.8) is 0 Å². The van der Waals surface area contributed by atoms with Gasteiger partial charge in [-0.2, -0.15) is 0 Å². The molecular formula is C19H20BrClN2O. The van der Waals surface area contributed by atoms with Crippen LogP contribution in [0.15, 0.2) is 34.9 Å². The number of nitrogens with zero attached hydrogens (tertiary/aromatic N) is 2. The van der Waals surface area contributed by atoms with Crippen molar-refractivity contribution in [3.8, 4) is 5.75 Å². The van der Waals surface area contributed by atoms with Crippen molar-refractivity contribution < 1.29 is 4.74 Å². The van der Waals surface area contributed by atoms with Crippen LogP contribution in [0.5, 0.6) is 5.75 Å². The molecule has 24 heavy (non-hydrogen) atoms. The van der Waals surface area contributed by atoms with Crippen molar-refractivity contribution in [1.29, 1.82) is 0 Å². The Morgan fingerprint density at radius 2 is 1.96 bits per heavy atom. The van der Waals surface area contributed by atoms with Gasteiger partial charge < -0.3 is 9.64 Å². The lowest BCUT2D eigenvalue weighted by atomic mass is 9.81. The number of hydrogen-bond acceptors (Lipinski definition) is 3. The monoisotopic (exact) mass is 406 g/mol. The van der Waals surface area contributed by atoms with E-state index >= 15 is 0 Å². The Kier molecular flexibility index (Phi) is 4.21. The van der Waals surface area contributed by atoms with Gasteiger partial charge in [-0.25, -0.2) is 4.98 Å². The lowest BCUT2D eigenvalue weighted by molar-refractivity contribution is 0.414. The number of ether oxygens (including phenoxy) is 1. The molecule has 1 fully saturated rings. The summed E-state index contributed by atoms with van der Waals surface area (Å²) in [4.78, 5) is 7.11. The minimum Gasteiger partial charge on any atom is -0.497 e. The van der Waals surface area contributed by atoms with E-state index in [0.717, 1.165) is 34.2 Å². The van der Waals surface area contributed by atoms with E-state index in [9.17, 15) is 0 Å². The fraction of sp³-hybridized carbons (Fsp3) is 0.421. The molecule has 1 aliphatic heterocycles. The third-order valence-corrected chi connectivity index (χ3v) is 6.59. The Morgan fingerprint density at radius 1 is 1.25 bits per heavy atom. The largest absolute Gasteiger partial charge is 0.497 e. The van der Waals surface area contributed by atoms with Crippen LogP contribution in [0.25, 0.3) is 0 Å². The minimum absolute atomic E-state index is 0.176. The molecule has 2 aliphatic rings. The standard InChI is InChI=1S/C19H20BrClN2O/c1-24-14-6-4-13(5-7-14)11-23-12-19(8-2-3-9-19)16-17(21)15(20)10-22-18(16)23/h4-7,10H,2-3,8-9,11-12H2,1H3. The molecule has 1 aliphatic carbocycles. The lowest BCUT2D eigenvalue weighted by Crippen LogP contribution is -2.31. The molecular weight excluding hydrogens is 388 g/mol. The van der Waals surface area contributed by atoms with Gasteiger partial charge in [-0.15, -0.1) is 0 Å². The van der Waals surface area contributed by atoms with Gasteiger partial charge in [-0.1, -0.05) is 36.6 Å². The molecule has 2 heterocycles. The van der Waals surface area contributed by atoms with Crippen molar-refractivity contribution in [3.05, 3.63) is 51.1 Å². The highest BCUT2D eigenvalue weighted by Gasteiger charge is 2.47. The second kappa shape index (κ2) is 6.23. The maximum Gasteiger partial charge on any atom is 0.134 e. The highest BCUT2D eigenvalue weighted by atomic mass is 79.9. The summed E-state index contributed by atoms with van der Waals surface area (Å²) in [5.41, 5.74) is 2.69. The van der Waals surface area contributed by atoms with E-state index in [1.807, 2.05) is 18.3 Å². The topological polar surface area (TPSA) is 25.4 Å². The van der Waals surface area contributed by atoms with Crippen LogP contribution in [0.2, 0.25) is 5.02 Å². The molecule has 1 aromatic heterocycles. The zero-order valence-electron chi connectivity index (χ0n) is 13.7. The van der Waals surface area contributed by atoms with Crippen LogP contribution < -0.4 is 9.64 Å². The summed E-state index contributed by atoms with van der Waals surface area (Å²) in [6.07, 6.45) is 6.79. The van der Waals surface area contributed by atoms with E-state index in [1.165, 1.54) is 36.8 Å². The zero-order chi connectivity index (χ0) is 16.7. The summed E-state index contributed by atoms with van der Waals surface area (Å²) in [7, 11) is 1.69. The van der Waals surface area contributed by atoms with E-state index in [0.29, 0.717) is 0 Å². The number of benzene rings is 1. The first kappa shape index (κ1) is 16.2. The molecule has 0 amide bonds. The molecule has 2 aromatic rings. The van der Waals surface area contributed by atoms with Crippen LogP contribution in [0.4, 0.5) is 5.82 Å².